The summed E-state index contributed by atoms with van der Waals surface area (Å²) in [5.74, 6) is 0.0845. The molecule has 0 unspecified atom stereocenters. The summed E-state index contributed by atoms with van der Waals surface area (Å²) in [7, 11) is 1.53. The Morgan fingerprint density at radius 2 is 2.10 bits per heavy atom. The molecule has 100 valence electrons. The number of para-hydroxylation sites is 1. The SMILES string of the molecule is CNC(=O)c1cc(-c2cn(-c3ccccc3)nn2)on1. The Bertz CT molecular complexity index is 732. The molecule has 0 fully saturated rings. The Balaban J connectivity index is 1.91. The quantitative estimate of drug-likeness (QED) is 0.774. The molecule has 1 N–H and O–H groups in total. The van der Waals surface area contributed by atoms with Gasteiger partial charge in [0.25, 0.3) is 5.91 Å². The van der Waals surface area contributed by atoms with Gasteiger partial charge >= 0.3 is 0 Å². The molecule has 3 aromatic rings. The Labute approximate surface area is 114 Å². The average molecular weight is 269 g/mol. The van der Waals surface area contributed by atoms with E-state index in [0.29, 0.717) is 11.5 Å². The zero-order valence-electron chi connectivity index (χ0n) is 10.6. The van der Waals surface area contributed by atoms with Gasteiger partial charge in [0.1, 0.15) is 0 Å². The molecule has 7 nitrogen and oxygen atoms in total. The Kier molecular flexibility index (Phi) is 3.00. The smallest absolute Gasteiger partial charge is 0.273 e. The molecule has 0 bridgehead atoms. The first-order valence-corrected chi connectivity index (χ1v) is 5.95. The molecule has 1 aromatic carbocycles. The normalized spacial score (nSPS) is 10.4. The third-order valence-corrected chi connectivity index (χ3v) is 2.74. The zero-order chi connectivity index (χ0) is 13.9. The van der Waals surface area contributed by atoms with Gasteiger partial charge in [-0.25, -0.2) is 4.68 Å². The maximum absolute atomic E-state index is 11.4. The summed E-state index contributed by atoms with van der Waals surface area (Å²) in [5, 5.41) is 14.2. The van der Waals surface area contributed by atoms with Gasteiger partial charge in [-0.15, -0.1) is 5.10 Å². The second kappa shape index (κ2) is 4.96. The molecule has 3 rings (SSSR count). The minimum Gasteiger partial charge on any atom is -0.354 e. The first-order valence-electron chi connectivity index (χ1n) is 5.95. The first-order chi connectivity index (χ1) is 9.78. The standard InChI is InChI=1S/C13H11N5O2/c1-14-13(19)10-7-12(20-16-10)11-8-18(17-15-11)9-5-3-2-4-6-9/h2-8H,1H3,(H,14,19). The van der Waals surface area contributed by atoms with Crippen molar-refractivity contribution in [1.29, 1.82) is 0 Å². The van der Waals surface area contributed by atoms with Crippen LogP contribution in [0.3, 0.4) is 0 Å². The van der Waals surface area contributed by atoms with Gasteiger partial charge in [-0.2, -0.15) is 0 Å². The summed E-state index contributed by atoms with van der Waals surface area (Å²) in [6.45, 7) is 0. The molecule has 0 saturated heterocycles. The van der Waals surface area contributed by atoms with Crippen LogP contribution in [-0.4, -0.2) is 33.1 Å². The lowest BCUT2D eigenvalue weighted by Gasteiger charge is -1.96. The highest BCUT2D eigenvalue weighted by molar-refractivity contribution is 5.92. The van der Waals surface area contributed by atoms with Crippen LogP contribution in [0.4, 0.5) is 0 Å². The van der Waals surface area contributed by atoms with Crippen LogP contribution in [0.25, 0.3) is 17.1 Å². The van der Waals surface area contributed by atoms with E-state index in [1.165, 1.54) is 13.1 Å². The van der Waals surface area contributed by atoms with Crippen LogP contribution in [0.5, 0.6) is 0 Å². The summed E-state index contributed by atoms with van der Waals surface area (Å²) in [5.41, 5.74) is 1.60. The van der Waals surface area contributed by atoms with Crippen LogP contribution in [0.1, 0.15) is 10.5 Å². The van der Waals surface area contributed by atoms with Gasteiger partial charge in [0.15, 0.2) is 17.1 Å². The molecule has 0 aliphatic heterocycles. The molecule has 7 heteroatoms. The summed E-state index contributed by atoms with van der Waals surface area (Å²) in [4.78, 5) is 11.4. The molecule has 0 saturated carbocycles. The first kappa shape index (κ1) is 12.1. The number of aromatic nitrogens is 4. The van der Waals surface area contributed by atoms with E-state index in [-0.39, 0.29) is 11.6 Å². The topological polar surface area (TPSA) is 85.8 Å². The molecular weight excluding hydrogens is 258 g/mol. The van der Waals surface area contributed by atoms with Crippen molar-refractivity contribution in [2.75, 3.05) is 7.05 Å². The Morgan fingerprint density at radius 3 is 2.85 bits per heavy atom. The van der Waals surface area contributed by atoms with Crippen LogP contribution in [0.2, 0.25) is 0 Å². The molecule has 0 atom stereocenters. The fourth-order valence-corrected chi connectivity index (χ4v) is 1.71. The number of carbonyl (C=O) groups is 1. The minimum absolute atomic E-state index is 0.205. The number of carbonyl (C=O) groups excluding carboxylic acids is 1. The molecular formula is C13H11N5O2. The number of benzene rings is 1. The maximum atomic E-state index is 11.4. The van der Waals surface area contributed by atoms with E-state index >= 15 is 0 Å². The van der Waals surface area contributed by atoms with Crippen molar-refractivity contribution in [1.82, 2.24) is 25.5 Å². The lowest BCUT2D eigenvalue weighted by molar-refractivity contribution is 0.0954. The highest BCUT2D eigenvalue weighted by Gasteiger charge is 2.15. The highest BCUT2D eigenvalue weighted by atomic mass is 16.5. The predicted molar refractivity (Wildman–Crippen MR) is 70.2 cm³/mol. The van der Waals surface area contributed by atoms with Crippen LogP contribution in [0, 0.1) is 0 Å². The maximum Gasteiger partial charge on any atom is 0.273 e. The zero-order valence-corrected chi connectivity index (χ0v) is 10.6. The van der Waals surface area contributed by atoms with Gasteiger partial charge in [0, 0.05) is 13.1 Å². The van der Waals surface area contributed by atoms with E-state index in [1.54, 1.807) is 10.9 Å². The van der Waals surface area contributed by atoms with Crippen molar-refractivity contribution in [3.05, 3.63) is 48.3 Å². The summed E-state index contributed by atoms with van der Waals surface area (Å²) < 4.78 is 6.72. The molecule has 2 aromatic heterocycles. The number of rotatable bonds is 3. The van der Waals surface area contributed by atoms with Crippen molar-refractivity contribution >= 4 is 5.91 Å². The Morgan fingerprint density at radius 1 is 1.30 bits per heavy atom. The molecule has 20 heavy (non-hydrogen) atoms. The Hall–Kier alpha value is -2.96. The van der Waals surface area contributed by atoms with Crippen molar-refractivity contribution < 1.29 is 9.32 Å². The van der Waals surface area contributed by atoms with Gasteiger partial charge in [0.2, 0.25) is 0 Å². The molecule has 0 spiro atoms. The van der Waals surface area contributed by atoms with Gasteiger partial charge in [-0.1, -0.05) is 28.6 Å². The number of hydrogen-bond donors (Lipinski definition) is 1. The third-order valence-electron chi connectivity index (χ3n) is 2.74. The second-order valence-corrected chi connectivity index (χ2v) is 4.04. The van der Waals surface area contributed by atoms with E-state index in [9.17, 15) is 4.79 Å². The number of nitrogens with zero attached hydrogens (tertiary/aromatic N) is 4. The minimum atomic E-state index is -0.310. The van der Waals surface area contributed by atoms with E-state index in [0.717, 1.165) is 5.69 Å². The van der Waals surface area contributed by atoms with E-state index in [4.69, 9.17) is 4.52 Å². The lowest BCUT2D eigenvalue weighted by Crippen LogP contribution is -2.17. The third kappa shape index (κ3) is 2.16. The van der Waals surface area contributed by atoms with Crippen molar-refractivity contribution in [2.24, 2.45) is 0 Å². The fourth-order valence-electron chi connectivity index (χ4n) is 1.71. The van der Waals surface area contributed by atoms with Gasteiger partial charge < -0.3 is 9.84 Å². The van der Waals surface area contributed by atoms with Gasteiger partial charge in [0.05, 0.1) is 11.9 Å². The highest BCUT2D eigenvalue weighted by Crippen LogP contribution is 2.18. The molecule has 0 aliphatic carbocycles. The monoisotopic (exact) mass is 269 g/mol. The number of nitrogens with one attached hydrogen (secondary N) is 1. The van der Waals surface area contributed by atoms with E-state index in [2.05, 4.69) is 20.8 Å². The number of hydrogen-bond acceptors (Lipinski definition) is 5. The van der Waals surface area contributed by atoms with E-state index < -0.39 is 0 Å². The van der Waals surface area contributed by atoms with E-state index in [1.807, 2.05) is 30.3 Å². The summed E-state index contributed by atoms with van der Waals surface area (Å²) in [6, 6.07) is 11.1. The predicted octanol–water partition coefficient (Wildman–Crippen LogP) is 1.28. The average Bonchev–Trinajstić information content (AvgIpc) is 3.16. The van der Waals surface area contributed by atoms with Crippen LogP contribution < -0.4 is 5.32 Å². The molecule has 0 aliphatic rings. The molecule has 1 amide bonds. The van der Waals surface area contributed by atoms with Crippen LogP contribution in [0.15, 0.2) is 47.1 Å². The van der Waals surface area contributed by atoms with Crippen molar-refractivity contribution in [3.63, 3.8) is 0 Å². The van der Waals surface area contributed by atoms with Crippen LogP contribution in [-0.2, 0) is 0 Å². The van der Waals surface area contributed by atoms with Crippen LogP contribution >= 0.6 is 0 Å². The molecule has 0 radical (unpaired) electrons. The fraction of sp³-hybridized carbons (Fsp3) is 0.0769. The largest absolute Gasteiger partial charge is 0.354 e. The van der Waals surface area contributed by atoms with Gasteiger partial charge in [-0.3, -0.25) is 4.79 Å². The van der Waals surface area contributed by atoms with Crippen molar-refractivity contribution in [2.45, 2.75) is 0 Å². The number of amides is 1. The second-order valence-electron chi connectivity index (χ2n) is 4.04. The summed E-state index contributed by atoms with van der Waals surface area (Å²) in [6.07, 6.45) is 1.71. The lowest BCUT2D eigenvalue weighted by atomic mass is 10.3. The summed E-state index contributed by atoms with van der Waals surface area (Å²) >= 11 is 0. The molecule has 2 heterocycles. The van der Waals surface area contributed by atoms with Gasteiger partial charge in [-0.05, 0) is 12.1 Å². The van der Waals surface area contributed by atoms with Crippen molar-refractivity contribution in [3.8, 4) is 17.1 Å².